The zero-order chi connectivity index (χ0) is 9.30. The first kappa shape index (κ1) is 9.96. The molecular formula is C6H4I2N2O2. The number of hydrogen-bond donors (Lipinski definition) is 1. The molecule has 1 aromatic rings. The van der Waals surface area contributed by atoms with Crippen LogP contribution in [0.5, 0.6) is 0 Å². The summed E-state index contributed by atoms with van der Waals surface area (Å²) in [6.07, 6.45) is 0. The normalized spacial score (nSPS) is 9.83. The number of rotatable bonds is 1. The molecule has 2 N–H and O–H groups in total. The molecule has 4 nitrogen and oxygen atoms in total. The van der Waals surface area contributed by atoms with E-state index in [4.69, 9.17) is 5.73 Å². The lowest BCUT2D eigenvalue weighted by Gasteiger charge is -2.00. The van der Waals surface area contributed by atoms with Crippen molar-refractivity contribution in [2.75, 3.05) is 5.73 Å². The number of nitro groups is 1. The molecule has 0 spiro atoms. The van der Waals surface area contributed by atoms with Crippen LogP contribution < -0.4 is 5.73 Å². The average Bonchev–Trinajstić information content (AvgIpc) is 1.97. The van der Waals surface area contributed by atoms with Gasteiger partial charge in [0.05, 0.1) is 14.2 Å². The van der Waals surface area contributed by atoms with Gasteiger partial charge in [-0.3, -0.25) is 10.1 Å². The molecule has 1 aromatic carbocycles. The van der Waals surface area contributed by atoms with Crippen molar-refractivity contribution in [1.82, 2.24) is 0 Å². The quantitative estimate of drug-likeness (QED) is 0.347. The number of hydrogen-bond acceptors (Lipinski definition) is 3. The smallest absolute Gasteiger partial charge is 0.297 e. The number of halogens is 2. The van der Waals surface area contributed by atoms with Crippen LogP contribution in [-0.2, 0) is 0 Å². The Kier molecular flexibility index (Phi) is 3.09. The molecule has 0 bridgehead atoms. The van der Waals surface area contributed by atoms with E-state index in [-0.39, 0.29) is 5.69 Å². The largest absolute Gasteiger partial charge is 0.398 e. The molecule has 0 saturated carbocycles. The van der Waals surface area contributed by atoms with Gasteiger partial charge in [0.15, 0.2) is 0 Å². The van der Waals surface area contributed by atoms with Crippen LogP contribution in [0.15, 0.2) is 12.1 Å². The summed E-state index contributed by atoms with van der Waals surface area (Å²) in [5, 5.41) is 10.5. The fourth-order valence-corrected chi connectivity index (χ4v) is 2.55. The molecule has 0 aliphatic carbocycles. The van der Waals surface area contributed by atoms with Crippen molar-refractivity contribution < 1.29 is 4.92 Å². The topological polar surface area (TPSA) is 69.2 Å². The first-order chi connectivity index (χ1) is 5.54. The van der Waals surface area contributed by atoms with Crippen molar-refractivity contribution in [2.45, 2.75) is 0 Å². The van der Waals surface area contributed by atoms with Crippen LogP contribution in [0.2, 0.25) is 0 Å². The van der Waals surface area contributed by atoms with E-state index in [1.165, 1.54) is 0 Å². The van der Waals surface area contributed by atoms with Crippen molar-refractivity contribution in [3.63, 3.8) is 0 Å². The Bertz CT molecular complexity index is 341. The molecule has 0 atom stereocenters. The van der Waals surface area contributed by atoms with Gasteiger partial charge in [0.1, 0.15) is 3.57 Å². The molecule has 0 heterocycles. The van der Waals surface area contributed by atoms with Crippen LogP contribution in [0.4, 0.5) is 11.4 Å². The molecule has 0 aliphatic rings. The predicted octanol–water partition coefficient (Wildman–Crippen LogP) is 2.39. The third-order valence-electron chi connectivity index (χ3n) is 1.28. The van der Waals surface area contributed by atoms with Crippen molar-refractivity contribution in [3.05, 3.63) is 29.4 Å². The number of anilines is 1. The van der Waals surface area contributed by atoms with Gasteiger partial charge in [-0.2, -0.15) is 0 Å². The Morgan fingerprint density at radius 2 is 2.00 bits per heavy atom. The molecule has 0 aliphatic heterocycles. The SMILES string of the molecule is Nc1ccc(I)c([N+](=O)[O-])c1I. The van der Waals surface area contributed by atoms with Gasteiger partial charge in [-0.1, -0.05) is 0 Å². The Balaban J connectivity index is 3.43. The maximum atomic E-state index is 10.5. The third kappa shape index (κ3) is 1.79. The first-order valence-corrected chi connectivity index (χ1v) is 5.07. The van der Waals surface area contributed by atoms with Crippen LogP contribution >= 0.6 is 45.2 Å². The Morgan fingerprint density at radius 3 is 2.42 bits per heavy atom. The molecular weight excluding hydrogens is 386 g/mol. The summed E-state index contributed by atoms with van der Waals surface area (Å²) in [5.74, 6) is 0. The number of nitrogen functional groups attached to an aromatic ring is 1. The molecule has 0 fully saturated rings. The molecule has 12 heavy (non-hydrogen) atoms. The summed E-state index contributed by atoms with van der Waals surface area (Å²) in [7, 11) is 0. The number of benzene rings is 1. The number of nitrogens with two attached hydrogens (primary N) is 1. The zero-order valence-electron chi connectivity index (χ0n) is 5.75. The van der Waals surface area contributed by atoms with Gasteiger partial charge >= 0.3 is 0 Å². The summed E-state index contributed by atoms with van der Waals surface area (Å²) in [6.45, 7) is 0. The highest BCUT2D eigenvalue weighted by Crippen LogP contribution is 2.30. The fourth-order valence-electron chi connectivity index (χ4n) is 0.724. The van der Waals surface area contributed by atoms with Crippen molar-refractivity contribution in [3.8, 4) is 0 Å². The molecule has 0 amide bonds. The maximum absolute atomic E-state index is 10.5. The molecule has 0 radical (unpaired) electrons. The highest BCUT2D eigenvalue weighted by molar-refractivity contribution is 14.1. The summed E-state index contributed by atoms with van der Waals surface area (Å²) in [5.41, 5.74) is 6.05. The minimum absolute atomic E-state index is 0.0937. The second-order valence-electron chi connectivity index (χ2n) is 2.06. The van der Waals surface area contributed by atoms with Gasteiger partial charge in [-0.25, -0.2) is 0 Å². The highest BCUT2D eigenvalue weighted by atomic mass is 127. The minimum Gasteiger partial charge on any atom is -0.398 e. The lowest BCUT2D eigenvalue weighted by molar-refractivity contribution is -0.386. The molecule has 6 heteroatoms. The minimum atomic E-state index is -0.417. The van der Waals surface area contributed by atoms with Crippen LogP contribution in [0, 0.1) is 17.3 Å². The van der Waals surface area contributed by atoms with Gasteiger partial charge in [0, 0.05) is 0 Å². The lowest BCUT2D eigenvalue weighted by atomic mass is 10.3. The Morgan fingerprint density at radius 1 is 1.42 bits per heavy atom. The highest BCUT2D eigenvalue weighted by Gasteiger charge is 2.18. The summed E-state index contributed by atoms with van der Waals surface area (Å²) >= 11 is 3.79. The molecule has 0 saturated heterocycles. The first-order valence-electron chi connectivity index (χ1n) is 2.92. The van der Waals surface area contributed by atoms with E-state index >= 15 is 0 Å². The molecule has 64 valence electrons. The second-order valence-corrected chi connectivity index (χ2v) is 4.30. The maximum Gasteiger partial charge on any atom is 0.297 e. The van der Waals surface area contributed by atoms with E-state index in [1.54, 1.807) is 12.1 Å². The summed E-state index contributed by atoms with van der Waals surface area (Å²) in [6, 6.07) is 3.30. The molecule has 0 aromatic heterocycles. The molecule has 0 unspecified atom stereocenters. The summed E-state index contributed by atoms with van der Waals surface area (Å²) in [4.78, 5) is 10.1. The van der Waals surface area contributed by atoms with E-state index in [9.17, 15) is 10.1 Å². The van der Waals surface area contributed by atoms with E-state index in [0.29, 0.717) is 12.8 Å². The van der Waals surface area contributed by atoms with E-state index in [0.717, 1.165) is 0 Å². The third-order valence-corrected chi connectivity index (χ3v) is 3.28. The van der Waals surface area contributed by atoms with E-state index in [1.807, 2.05) is 45.2 Å². The van der Waals surface area contributed by atoms with E-state index < -0.39 is 4.92 Å². The monoisotopic (exact) mass is 390 g/mol. The molecule has 1 rings (SSSR count). The Labute approximate surface area is 95.9 Å². The standard InChI is InChI=1S/C6H4I2N2O2/c7-3-1-2-4(9)5(8)6(3)10(11)12/h1-2H,9H2. The van der Waals surface area contributed by atoms with Gasteiger partial charge < -0.3 is 5.73 Å². The Hall–Kier alpha value is -0.120. The predicted molar refractivity (Wildman–Crippen MR) is 62.9 cm³/mol. The van der Waals surface area contributed by atoms with Crippen molar-refractivity contribution >= 4 is 56.6 Å². The van der Waals surface area contributed by atoms with Gasteiger partial charge in [0.25, 0.3) is 5.69 Å². The van der Waals surface area contributed by atoms with Crippen molar-refractivity contribution in [2.24, 2.45) is 0 Å². The van der Waals surface area contributed by atoms with E-state index in [2.05, 4.69) is 0 Å². The number of nitrogens with zero attached hydrogens (tertiary/aromatic N) is 1. The van der Waals surface area contributed by atoms with Crippen LogP contribution in [-0.4, -0.2) is 4.92 Å². The van der Waals surface area contributed by atoms with Crippen LogP contribution in [0.3, 0.4) is 0 Å². The van der Waals surface area contributed by atoms with Gasteiger partial charge in [0.2, 0.25) is 0 Å². The summed E-state index contributed by atoms with van der Waals surface area (Å²) < 4.78 is 1.11. The fraction of sp³-hybridized carbons (Fsp3) is 0. The van der Waals surface area contributed by atoms with Crippen LogP contribution in [0.25, 0.3) is 0 Å². The number of nitro benzene ring substituents is 1. The zero-order valence-corrected chi connectivity index (χ0v) is 10.1. The second kappa shape index (κ2) is 3.73. The van der Waals surface area contributed by atoms with Crippen molar-refractivity contribution in [1.29, 1.82) is 0 Å². The lowest BCUT2D eigenvalue weighted by Crippen LogP contribution is -1.98. The van der Waals surface area contributed by atoms with Gasteiger partial charge in [-0.15, -0.1) is 0 Å². The van der Waals surface area contributed by atoms with Gasteiger partial charge in [-0.05, 0) is 57.3 Å². The van der Waals surface area contributed by atoms with Crippen LogP contribution in [0.1, 0.15) is 0 Å². The average molecular weight is 390 g/mol.